The third kappa shape index (κ3) is 5.58. The molecule has 0 spiro atoms. The molecule has 3 N–H and O–H groups in total. The minimum Gasteiger partial charge on any atom is -0.378 e. The third-order valence-corrected chi connectivity index (χ3v) is 3.01. The predicted molar refractivity (Wildman–Crippen MR) is 83.1 cm³/mol. The zero-order chi connectivity index (χ0) is 16.2. The topological polar surface area (TPSA) is 78.4 Å². The van der Waals surface area contributed by atoms with Gasteiger partial charge in [0.15, 0.2) is 0 Å². The summed E-state index contributed by atoms with van der Waals surface area (Å²) in [5.41, 5.74) is 0.128. The summed E-state index contributed by atoms with van der Waals surface area (Å²) in [5.74, 6) is 5.08. The summed E-state index contributed by atoms with van der Waals surface area (Å²) in [6.45, 7) is 3.19. The fourth-order valence-electron chi connectivity index (χ4n) is 1.70. The molecule has 0 aromatic heterocycles. The first kappa shape index (κ1) is 16.1. The Morgan fingerprint density at radius 2 is 1.91 bits per heavy atom. The van der Waals surface area contributed by atoms with Gasteiger partial charge in [-0.05, 0) is 51.0 Å². The van der Waals surface area contributed by atoms with Crippen LogP contribution in [0.15, 0.2) is 24.3 Å². The van der Waals surface area contributed by atoms with E-state index in [4.69, 9.17) is 0 Å². The van der Waals surface area contributed by atoms with Crippen LogP contribution in [0.3, 0.4) is 0 Å². The van der Waals surface area contributed by atoms with Crippen molar-refractivity contribution in [1.29, 1.82) is 0 Å². The first-order valence-corrected chi connectivity index (χ1v) is 7.27. The van der Waals surface area contributed by atoms with E-state index in [0.29, 0.717) is 11.1 Å². The lowest BCUT2D eigenvalue weighted by Crippen LogP contribution is -2.37. The number of rotatable bonds is 4. The molecule has 1 aromatic rings. The van der Waals surface area contributed by atoms with Crippen LogP contribution in [0.25, 0.3) is 0 Å². The Kier molecular flexibility index (Phi) is 4.84. The molecule has 0 radical (unpaired) electrons. The third-order valence-electron chi connectivity index (χ3n) is 3.01. The van der Waals surface area contributed by atoms with Crippen molar-refractivity contribution in [2.45, 2.75) is 38.3 Å². The highest BCUT2D eigenvalue weighted by atomic mass is 16.3. The van der Waals surface area contributed by atoms with Crippen molar-refractivity contribution in [2.24, 2.45) is 0 Å². The number of benzene rings is 1. The Bertz CT molecular complexity index is 614. The van der Waals surface area contributed by atoms with Crippen molar-refractivity contribution in [3.8, 4) is 11.8 Å². The second-order valence-electron chi connectivity index (χ2n) is 5.91. The van der Waals surface area contributed by atoms with Crippen molar-refractivity contribution in [2.75, 3.05) is 6.54 Å². The molecule has 0 aliphatic heterocycles. The summed E-state index contributed by atoms with van der Waals surface area (Å²) in [4.78, 5) is 23.4. The average Bonchev–Trinajstić information content (AvgIpc) is 3.26. The Morgan fingerprint density at radius 3 is 2.45 bits per heavy atom. The lowest BCUT2D eigenvalue weighted by Gasteiger charge is -2.07. The number of hydrogen-bond donors (Lipinski definition) is 3. The smallest absolute Gasteiger partial charge is 0.251 e. The van der Waals surface area contributed by atoms with Crippen molar-refractivity contribution in [3.05, 3.63) is 35.4 Å². The van der Waals surface area contributed by atoms with Crippen LogP contribution in [-0.2, 0) is 4.79 Å². The van der Waals surface area contributed by atoms with E-state index in [1.54, 1.807) is 38.1 Å². The fourth-order valence-corrected chi connectivity index (χ4v) is 1.70. The maximum atomic E-state index is 11.9. The van der Waals surface area contributed by atoms with Gasteiger partial charge in [-0.1, -0.05) is 11.8 Å². The molecule has 1 aliphatic rings. The number of nitrogens with one attached hydrogen (secondary N) is 2. The molecule has 1 aliphatic carbocycles. The van der Waals surface area contributed by atoms with Gasteiger partial charge in [-0.25, -0.2) is 0 Å². The predicted octanol–water partition coefficient (Wildman–Crippen LogP) is 0.817. The van der Waals surface area contributed by atoms with Crippen molar-refractivity contribution < 1.29 is 14.7 Å². The molecule has 1 saturated carbocycles. The Labute approximate surface area is 130 Å². The van der Waals surface area contributed by atoms with Crippen molar-refractivity contribution >= 4 is 11.8 Å². The second-order valence-corrected chi connectivity index (χ2v) is 5.91. The molecule has 5 heteroatoms. The summed E-state index contributed by atoms with van der Waals surface area (Å²) in [5, 5.41) is 14.9. The maximum Gasteiger partial charge on any atom is 0.251 e. The van der Waals surface area contributed by atoms with Gasteiger partial charge in [-0.15, -0.1) is 0 Å². The Hall–Kier alpha value is -2.32. The van der Waals surface area contributed by atoms with E-state index in [-0.39, 0.29) is 24.4 Å². The molecule has 0 atom stereocenters. The standard InChI is InChI=1S/C17H20N2O3/c1-17(2,22)10-9-12-3-5-13(6-4-12)16(21)18-11-15(20)19-14-7-8-14/h3-6,14,22H,7-8,11H2,1-2H3,(H,18,21)(H,19,20). The van der Waals surface area contributed by atoms with Crippen molar-refractivity contribution in [3.63, 3.8) is 0 Å². The van der Waals surface area contributed by atoms with Crippen LogP contribution in [0.4, 0.5) is 0 Å². The zero-order valence-electron chi connectivity index (χ0n) is 12.8. The summed E-state index contributed by atoms with van der Waals surface area (Å²) in [6.07, 6.45) is 2.04. The van der Waals surface area contributed by atoms with E-state index >= 15 is 0 Å². The molecular weight excluding hydrogens is 280 g/mol. The van der Waals surface area contributed by atoms with Gasteiger partial charge in [0.2, 0.25) is 5.91 Å². The number of carbonyl (C=O) groups excluding carboxylic acids is 2. The molecule has 2 rings (SSSR count). The first-order valence-electron chi connectivity index (χ1n) is 7.27. The maximum absolute atomic E-state index is 11.9. The Balaban J connectivity index is 1.87. The number of amides is 2. The van der Waals surface area contributed by atoms with Gasteiger partial charge in [0.25, 0.3) is 5.91 Å². The second kappa shape index (κ2) is 6.63. The quantitative estimate of drug-likeness (QED) is 0.720. The molecule has 1 fully saturated rings. The van der Waals surface area contributed by atoms with Crippen LogP contribution in [0.5, 0.6) is 0 Å². The molecule has 0 bridgehead atoms. The van der Waals surface area contributed by atoms with Gasteiger partial charge >= 0.3 is 0 Å². The van der Waals surface area contributed by atoms with Crippen LogP contribution in [0.1, 0.15) is 42.6 Å². The van der Waals surface area contributed by atoms with E-state index in [9.17, 15) is 14.7 Å². The molecule has 0 saturated heterocycles. The van der Waals surface area contributed by atoms with E-state index in [0.717, 1.165) is 12.8 Å². The summed E-state index contributed by atoms with van der Waals surface area (Å²) in [6, 6.07) is 6.99. The zero-order valence-corrected chi connectivity index (χ0v) is 12.8. The highest BCUT2D eigenvalue weighted by Gasteiger charge is 2.23. The lowest BCUT2D eigenvalue weighted by atomic mass is 10.1. The molecule has 1 aromatic carbocycles. The van der Waals surface area contributed by atoms with Gasteiger partial charge in [-0.2, -0.15) is 0 Å². The van der Waals surface area contributed by atoms with Crippen molar-refractivity contribution in [1.82, 2.24) is 10.6 Å². The monoisotopic (exact) mass is 300 g/mol. The molecule has 5 nitrogen and oxygen atoms in total. The van der Waals surface area contributed by atoms with Gasteiger partial charge in [0, 0.05) is 17.2 Å². The van der Waals surface area contributed by atoms with E-state index in [1.807, 2.05) is 0 Å². The average molecular weight is 300 g/mol. The van der Waals surface area contributed by atoms with Gasteiger partial charge in [0.1, 0.15) is 5.60 Å². The van der Waals surface area contributed by atoms with Crippen LogP contribution in [0.2, 0.25) is 0 Å². The molecule has 116 valence electrons. The van der Waals surface area contributed by atoms with Crippen LogP contribution in [0, 0.1) is 11.8 Å². The fraction of sp³-hybridized carbons (Fsp3) is 0.412. The number of carbonyl (C=O) groups is 2. The SMILES string of the molecule is CC(C)(O)C#Cc1ccc(C(=O)NCC(=O)NC2CC2)cc1. The highest BCUT2D eigenvalue weighted by molar-refractivity contribution is 5.96. The number of hydrogen-bond acceptors (Lipinski definition) is 3. The van der Waals surface area contributed by atoms with Gasteiger partial charge in [-0.3, -0.25) is 9.59 Å². The van der Waals surface area contributed by atoms with Crippen LogP contribution < -0.4 is 10.6 Å². The van der Waals surface area contributed by atoms with Crippen LogP contribution in [-0.4, -0.2) is 35.1 Å². The van der Waals surface area contributed by atoms with E-state index < -0.39 is 5.60 Å². The van der Waals surface area contributed by atoms with Crippen LogP contribution >= 0.6 is 0 Å². The lowest BCUT2D eigenvalue weighted by molar-refractivity contribution is -0.120. The van der Waals surface area contributed by atoms with Gasteiger partial charge < -0.3 is 15.7 Å². The normalized spacial score (nSPS) is 13.8. The largest absolute Gasteiger partial charge is 0.378 e. The molecule has 0 unspecified atom stereocenters. The Morgan fingerprint density at radius 1 is 1.27 bits per heavy atom. The minimum absolute atomic E-state index is 0.0183. The summed E-state index contributed by atoms with van der Waals surface area (Å²) >= 11 is 0. The molecule has 22 heavy (non-hydrogen) atoms. The summed E-state index contributed by atoms with van der Waals surface area (Å²) in [7, 11) is 0. The molecule has 0 heterocycles. The summed E-state index contributed by atoms with van der Waals surface area (Å²) < 4.78 is 0. The van der Waals surface area contributed by atoms with Gasteiger partial charge in [0.05, 0.1) is 6.54 Å². The van der Waals surface area contributed by atoms with E-state index in [1.165, 1.54) is 0 Å². The highest BCUT2D eigenvalue weighted by Crippen LogP contribution is 2.18. The molecule has 2 amide bonds. The number of aliphatic hydroxyl groups is 1. The van der Waals surface area contributed by atoms with E-state index in [2.05, 4.69) is 22.5 Å². The molecular formula is C17H20N2O3. The minimum atomic E-state index is -1.05. The first-order chi connectivity index (χ1) is 10.3.